The number of hydrogen-bond acceptors (Lipinski definition) is 7. The molecule has 3 unspecified atom stereocenters. The monoisotopic (exact) mass is 756 g/mol. The van der Waals surface area contributed by atoms with E-state index in [1.54, 1.807) is 18.2 Å². The van der Waals surface area contributed by atoms with Crippen molar-refractivity contribution < 1.29 is 34.4 Å². The van der Waals surface area contributed by atoms with E-state index < -0.39 is 18.2 Å². The Labute approximate surface area is 289 Å². The number of nitrogens with one attached hydrogen (secondary N) is 1. The van der Waals surface area contributed by atoms with Crippen molar-refractivity contribution in [2.75, 3.05) is 26.8 Å². The van der Waals surface area contributed by atoms with E-state index in [1.165, 1.54) is 52.1 Å². The van der Waals surface area contributed by atoms with E-state index in [1.807, 2.05) is 4.90 Å². The van der Waals surface area contributed by atoms with E-state index in [9.17, 15) is 24.9 Å². The number of amides is 2. The predicted molar refractivity (Wildman–Crippen MR) is 189 cm³/mol. The van der Waals surface area contributed by atoms with Crippen LogP contribution in [-0.4, -0.2) is 77.1 Å². The van der Waals surface area contributed by atoms with E-state index in [-0.39, 0.29) is 38.0 Å². The number of methoxy groups -OCH3 is 1. The van der Waals surface area contributed by atoms with E-state index in [2.05, 4.69) is 34.8 Å². The van der Waals surface area contributed by atoms with Crippen LogP contribution < -0.4 is 14.8 Å². The highest BCUT2D eigenvalue weighted by Crippen LogP contribution is 2.38. The zero-order valence-electron chi connectivity index (χ0n) is 28.0. The van der Waals surface area contributed by atoms with Gasteiger partial charge in [-0.1, -0.05) is 77.6 Å². The van der Waals surface area contributed by atoms with Gasteiger partial charge in [-0.2, -0.15) is 0 Å². The summed E-state index contributed by atoms with van der Waals surface area (Å²) in [5.41, 5.74) is 1.08. The van der Waals surface area contributed by atoms with Crippen molar-refractivity contribution in [1.82, 2.24) is 10.2 Å². The number of rotatable bonds is 20. The van der Waals surface area contributed by atoms with Crippen LogP contribution in [0, 0.1) is 9.49 Å². The van der Waals surface area contributed by atoms with Crippen molar-refractivity contribution in [3.63, 3.8) is 0 Å². The molecule has 0 saturated heterocycles. The molecule has 260 valence electrons. The number of carbonyl (C=O) groups is 2. The van der Waals surface area contributed by atoms with E-state index in [0.717, 1.165) is 44.9 Å². The summed E-state index contributed by atoms with van der Waals surface area (Å²) in [4.78, 5) is 29.1. The molecule has 0 heterocycles. The fourth-order valence-corrected chi connectivity index (χ4v) is 7.49. The first-order valence-electron chi connectivity index (χ1n) is 17.5. The normalized spacial score (nSPS) is 20.2. The van der Waals surface area contributed by atoms with Crippen LogP contribution in [0.1, 0.15) is 115 Å². The van der Waals surface area contributed by atoms with Gasteiger partial charge in [0.05, 0.1) is 29.9 Å². The molecule has 10 heteroatoms. The van der Waals surface area contributed by atoms with Gasteiger partial charge in [-0.25, -0.2) is 0 Å². The molecule has 3 atom stereocenters. The minimum atomic E-state index is -1.08. The van der Waals surface area contributed by atoms with Gasteiger partial charge in [0.2, 0.25) is 11.8 Å². The number of ether oxygens (including phenoxy) is 2. The molecule has 2 aliphatic carbocycles. The summed E-state index contributed by atoms with van der Waals surface area (Å²) in [6, 6.07) is 2.83. The summed E-state index contributed by atoms with van der Waals surface area (Å²) >= 11 is 2.11. The SMILES string of the molecule is CCCCCCCCCCCC(=O)N(CC1CCCCC1)C1CC(C(=O)NCCO)=CC(Oc2c(I)cc(CO)cc2OC)C1O. The van der Waals surface area contributed by atoms with Crippen LogP contribution in [0.2, 0.25) is 0 Å². The maximum Gasteiger partial charge on any atom is 0.247 e. The first-order chi connectivity index (χ1) is 22.3. The summed E-state index contributed by atoms with van der Waals surface area (Å²) in [5, 5.41) is 33.6. The van der Waals surface area contributed by atoms with Gasteiger partial charge in [0.15, 0.2) is 11.5 Å². The molecule has 9 nitrogen and oxygen atoms in total. The number of halogens is 1. The average molecular weight is 757 g/mol. The second-order valence-corrected chi connectivity index (χ2v) is 14.1. The highest BCUT2D eigenvalue weighted by Gasteiger charge is 2.41. The molecule has 2 aliphatic rings. The highest BCUT2D eigenvalue weighted by atomic mass is 127. The molecule has 3 rings (SSSR count). The van der Waals surface area contributed by atoms with Gasteiger partial charge in [-0.15, -0.1) is 0 Å². The molecule has 1 saturated carbocycles. The van der Waals surface area contributed by atoms with Gasteiger partial charge < -0.3 is 35.0 Å². The lowest BCUT2D eigenvalue weighted by Crippen LogP contribution is -2.56. The van der Waals surface area contributed by atoms with Crippen LogP contribution in [0.25, 0.3) is 0 Å². The number of unbranched alkanes of at least 4 members (excludes halogenated alkanes) is 8. The number of benzene rings is 1. The lowest BCUT2D eigenvalue weighted by molar-refractivity contribution is -0.140. The van der Waals surface area contributed by atoms with E-state index in [4.69, 9.17) is 9.47 Å². The van der Waals surface area contributed by atoms with Gasteiger partial charge in [0.25, 0.3) is 0 Å². The third-order valence-electron chi connectivity index (χ3n) is 9.33. The summed E-state index contributed by atoms with van der Waals surface area (Å²) < 4.78 is 12.7. The zero-order chi connectivity index (χ0) is 33.3. The molecular formula is C36H57IN2O7. The van der Waals surface area contributed by atoms with Gasteiger partial charge >= 0.3 is 0 Å². The average Bonchev–Trinajstić information content (AvgIpc) is 3.07. The predicted octanol–water partition coefficient (Wildman–Crippen LogP) is 6.04. The van der Waals surface area contributed by atoms with Gasteiger partial charge in [-0.05, 0) is 71.5 Å². The first kappa shape index (κ1) is 38.6. The molecular weight excluding hydrogens is 699 g/mol. The Kier molecular flexibility index (Phi) is 17.7. The lowest BCUT2D eigenvalue weighted by Gasteiger charge is -2.42. The molecule has 1 aromatic rings. The number of hydrogen-bond donors (Lipinski definition) is 4. The summed E-state index contributed by atoms with van der Waals surface area (Å²) in [6.07, 6.45) is 16.3. The molecule has 0 bridgehead atoms. The second kappa shape index (κ2) is 21.2. The van der Waals surface area contributed by atoms with Crippen molar-refractivity contribution in [1.29, 1.82) is 0 Å². The number of nitrogens with zero attached hydrogens (tertiary/aromatic N) is 1. The Bertz CT molecular complexity index is 1110. The van der Waals surface area contributed by atoms with Gasteiger partial charge in [0.1, 0.15) is 12.2 Å². The fourth-order valence-electron chi connectivity index (χ4n) is 6.70. The standard InChI is InChI=1S/C36H57IN2O7/c1-3-4-5-6-7-8-9-10-14-17-33(42)39(24-26-15-12-11-13-16-26)30-22-28(36(44)38-18-19-40)23-31(34(30)43)46-35-29(37)20-27(25-41)21-32(35)45-2/h20-21,23,26,30-31,34,40-41,43H,3-19,22,24-25H2,1-2H3,(H,38,44). The molecule has 2 amide bonds. The maximum absolute atomic E-state index is 14.0. The third-order valence-corrected chi connectivity index (χ3v) is 10.1. The minimum absolute atomic E-state index is 0.0211. The Hall–Kier alpha value is -1.89. The topological polar surface area (TPSA) is 129 Å². The quantitative estimate of drug-likeness (QED) is 0.0945. The second-order valence-electron chi connectivity index (χ2n) is 12.9. The molecule has 46 heavy (non-hydrogen) atoms. The van der Waals surface area contributed by atoms with Gasteiger partial charge in [0, 0.05) is 31.5 Å². The summed E-state index contributed by atoms with van der Waals surface area (Å²) in [7, 11) is 1.51. The van der Waals surface area contributed by atoms with Crippen LogP contribution >= 0.6 is 22.6 Å². The summed E-state index contributed by atoms with van der Waals surface area (Å²) in [6.45, 7) is 2.54. The van der Waals surface area contributed by atoms with Gasteiger partial charge in [-0.3, -0.25) is 9.59 Å². The summed E-state index contributed by atoms with van der Waals surface area (Å²) in [5.74, 6) is 0.840. The lowest BCUT2D eigenvalue weighted by atomic mass is 9.85. The Morgan fingerprint density at radius 1 is 1.00 bits per heavy atom. The molecule has 0 radical (unpaired) electrons. The molecule has 4 N–H and O–H groups in total. The van der Waals surface area contributed by atoms with Crippen LogP contribution in [-0.2, 0) is 16.2 Å². The molecule has 1 aromatic carbocycles. The Morgan fingerprint density at radius 3 is 2.30 bits per heavy atom. The van der Waals surface area contributed by atoms with E-state index in [0.29, 0.717) is 45.1 Å². The smallest absolute Gasteiger partial charge is 0.247 e. The Morgan fingerprint density at radius 2 is 1.67 bits per heavy atom. The Balaban J connectivity index is 1.82. The third kappa shape index (κ3) is 12.0. The van der Waals surface area contributed by atoms with Crippen LogP contribution in [0.4, 0.5) is 0 Å². The van der Waals surface area contributed by atoms with Crippen LogP contribution in [0.3, 0.4) is 0 Å². The zero-order valence-corrected chi connectivity index (χ0v) is 30.1. The van der Waals surface area contributed by atoms with Crippen molar-refractivity contribution in [3.05, 3.63) is 32.9 Å². The first-order valence-corrected chi connectivity index (χ1v) is 18.6. The molecule has 0 aromatic heterocycles. The number of aliphatic hydroxyl groups is 3. The largest absolute Gasteiger partial charge is 0.493 e. The molecule has 0 spiro atoms. The number of carbonyl (C=O) groups excluding carboxylic acids is 2. The number of aliphatic hydroxyl groups excluding tert-OH is 3. The molecule has 1 fully saturated rings. The van der Waals surface area contributed by atoms with Crippen molar-refractivity contribution >= 4 is 34.4 Å². The van der Waals surface area contributed by atoms with Crippen LogP contribution in [0.15, 0.2) is 23.8 Å². The highest BCUT2D eigenvalue weighted by molar-refractivity contribution is 14.1. The molecule has 0 aliphatic heterocycles. The maximum atomic E-state index is 14.0. The van der Waals surface area contributed by atoms with Crippen LogP contribution in [0.5, 0.6) is 11.5 Å². The van der Waals surface area contributed by atoms with Crippen molar-refractivity contribution in [2.45, 2.75) is 135 Å². The van der Waals surface area contributed by atoms with E-state index >= 15 is 0 Å². The van der Waals surface area contributed by atoms with Crippen molar-refractivity contribution in [3.8, 4) is 11.5 Å². The minimum Gasteiger partial charge on any atom is -0.493 e. The fraction of sp³-hybridized carbons (Fsp3) is 0.722. The van der Waals surface area contributed by atoms with Crippen molar-refractivity contribution in [2.24, 2.45) is 5.92 Å².